The Labute approximate surface area is 206 Å². The first-order chi connectivity index (χ1) is 16.8. The molecule has 35 heavy (non-hydrogen) atoms. The number of aryl methyl sites for hydroxylation is 1. The number of carboxylic acid groups (broad SMARTS) is 1. The van der Waals surface area contributed by atoms with Crippen LogP contribution in [0.15, 0.2) is 41.9 Å². The smallest absolute Gasteiger partial charge is 0.308 e. The van der Waals surface area contributed by atoms with Crippen LogP contribution in [0.25, 0.3) is 10.1 Å². The number of rotatable bonds is 6. The van der Waals surface area contributed by atoms with E-state index in [0.29, 0.717) is 12.8 Å². The van der Waals surface area contributed by atoms with Crippen molar-refractivity contribution < 1.29 is 24.3 Å². The van der Waals surface area contributed by atoms with Crippen molar-refractivity contribution in [3.8, 4) is 0 Å². The average Bonchev–Trinajstić information content (AvgIpc) is 3.38. The lowest BCUT2D eigenvalue weighted by Crippen LogP contribution is -2.52. The third-order valence-corrected chi connectivity index (χ3v) is 8.10. The van der Waals surface area contributed by atoms with Crippen LogP contribution in [0.3, 0.4) is 0 Å². The van der Waals surface area contributed by atoms with E-state index in [2.05, 4.69) is 10.6 Å². The minimum Gasteiger partial charge on any atom is -0.481 e. The first kappa shape index (κ1) is 23.3. The Kier molecular flexibility index (Phi) is 6.19. The molecule has 182 valence electrons. The lowest BCUT2D eigenvalue weighted by molar-refractivity contribution is -0.144. The second-order valence-corrected chi connectivity index (χ2v) is 10.3. The number of hydrogen-bond acceptors (Lipinski definition) is 5. The fraction of sp³-hybridized carbons (Fsp3) is 0.385. The Balaban J connectivity index is 1.26. The molecule has 2 unspecified atom stereocenters. The van der Waals surface area contributed by atoms with Crippen molar-refractivity contribution in [1.82, 2.24) is 15.2 Å². The van der Waals surface area contributed by atoms with Gasteiger partial charge in [-0.25, -0.2) is 0 Å². The molecule has 1 aliphatic carbocycles. The van der Waals surface area contributed by atoms with Crippen LogP contribution in [0.5, 0.6) is 0 Å². The number of ketones is 1. The lowest BCUT2D eigenvalue weighted by Gasteiger charge is -2.32. The summed E-state index contributed by atoms with van der Waals surface area (Å²) in [6, 6.07) is 8.62. The summed E-state index contributed by atoms with van der Waals surface area (Å²) in [6.45, 7) is 1.88. The van der Waals surface area contributed by atoms with Crippen LogP contribution in [0.1, 0.15) is 42.5 Å². The van der Waals surface area contributed by atoms with Gasteiger partial charge in [0.05, 0.1) is 18.3 Å². The van der Waals surface area contributed by atoms with E-state index in [1.165, 1.54) is 0 Å². The minimum atomic E-state index is -0.991. The quantitative estimate of drug-likeness (QED) is 0.488. The van der Waals surface area contributed by atoms with Crippen molar-refractivity contribution in [2.24, 2.45) is 5.92 Å². The van der Waals surface area contributed by atoms with Gasteiger partial charge in [-0.1, -0.05) is 18.2 Å². The van der Waals surface area contributed by atoms with E-state index in [9.17, 15) is 24.3 Å². The molecular weight excluding hydrogens is 466 g/mol. The number of fused-ring (bicyclic) bond motifs is 1. The highest BCUT2D eigenvalue weighted by atomic mass is 32.1. The normalized spacial score (nSPS) is 22.2. The summed E-state index contributed by atoms with van der Waals surface area (Å²) in [5.41, 5.74) is 2.77. The van der Waals surface area contributed by atoms with Crippen molar-refractivity contribution in [3.63, 3.8) is 0 Å². The van der Waals surface area contributed by atoms with Gasteiger partial charge in [0.2, 0.25) is 11.8 Å². The van der Waals surface area contributed by atoms with E-state index in [-0.39, 0.29) is 37.0 Å². The summed E-state index contributed by atoms with van der Waals surface area (Å²) >= 11 is 1.58. The van der Waals surface area contributed by atoms with Crippen LogP contribution in [-0.4, -0.2) is 45.3 Å². The van der Waals surface area contributed by atoms with Crippen LogP contribution in [0.2, 0.25) is 0 Å². The zero-order chi connectivity index (χ0) is 24.7. The van der Waals surface area contributed by atoms with E-state index in [4.69, 9.17) is 0 Å². The molecule has 5 rings (SSSR count). The fourth-order valence-corrected chi connectivity index (χ4v) is 6.29. The molecule has 0 saturated carbocycles. The molecule has 3 heterocycles. The lowest BCUT2D eigenvalue weighted by atomic mass is 9.79. The number of benzene rings is 1. The van der Waals surface area contributed by atoms with Crippen molar-refractivity contribution in [1.29, 1.82) is 0 Å². The Morgan fingerprint density at radius 1 is 1.23 bits per heavy atom. The standard InChI is InChI=1S/C26H27N3O5S/c1-14(27-22(31)11-17-13-35-21-5-3-2-4-18(17)21)25(32)28-19-7-6-15-8-9-29-12-16(26(33)34)10-20(30)23(19)24(15)29/h2-5,8-9,13-14,16,19,23H,6-7,10-12H2,1H3,(H,27,31)(H,28,32)(H,33,34)/t14?,16-,19-,23?/m0/s1. The summed E-state index contributed by atoms with van der Waals surface area (Å²) in [7, 11) is 0. The van der Waals surface area contributed by atoms with Crippen LogP contribution in [0.4, 0.5) is 0 Å². The van der Waals surface area contributed by atoms with Gasteiger partial charge in [0.25, 0.3) is 0 Å². The largest absolute Gasteiger partial charge is 0.481 e. The van der Waals surface area contributed by atoms with E-state index in [0.717, 1.165) is 26.9 Å². The summed E-state index contributed by atoms with van der Waals surface area (Å²) in [6.07, 6.45) is 3.24. The highest BCUT2D eigenvalue weighted by molar-refractivity contribution is 7.17. The predicted octanol–water partition coefficient (Wildman–Crippen LogP) is 2.64. The summed E-state index contributed by atoms with van der Waals surface area (Å²) < 4.78 is 2.97. The maximum atomic E-state index is 13.1. The van der Waals surface area contributed by atoms with Gasteiger partial charge >= 0.3 is 5.97 Å². The molecule has 2 aliphatic rings. The number of nitrogens with zero attached hydrogens (tertiary/aromatic N) is 1. The maximum Gasteiger partial charge on any atom is 0.308 e. The maximum absolute atomic E-state index is 13.1. The molecule has 0 saturated heterocycles. The number of thiophene rings is 1. The third-order valence-electron chi connectivity index (χ3n) is 7.09. The zero-order valence-corrected chi connectivity index (χ0v) is 20.1. The monoisotopic (exact) mass is 493 g/mol. The second kappa shape index (κ2) is 9.30. The van der Waals surface area contributed by atoms with Crippen LogP contribution >= 0.6 is 11.3 Å². The number of Topliss-reactive ketones (excluding diaryl/α,β-unsaturated/α-hetero) is 1. The molecule has 3 aromatic rings. The van der Waals surface area contributed by atoms with Crippen LogP contribution < -0.4 is 10.6 Å². The van der Waals surface area contributed by atoms with Gasteiger partial charge in [-0.2, -0.15) is 0 Å². The molecule has 1 aromatic carbocycles. The van der Waals surface area contributed by atoms with Crippen molar-refractivity contribution in [2.75, 3.05) is 0 Å². The molecule has 0 radical (unpaired) electrons. The van der Waals surface area contributed by atoms with Crippen LogP contribution in [-0.2, 0) is 38.6 Å². The molecule has 2 aromatic heterocycles. The van der Waals surface area contributed by atoms with Gasteiger partial charge in [-0.3, -0.25) is 19.2 Å². The molecule has 8 nitrogen and oxygen atoms in total. The molecule has 1 aliphatic heterocycles. The summed E-state index contributed by atoms with van der Waals surface area (Å²) in [5.74, 6) is -3.12. The molecule has 9 heteroatoms. The minimum absolute atomic E-state index is 0.0611. The Hall–Kier alpha value is -3.46. The SMILES string of the molecule is CC(NC(=O)Cc1csc2ccccc12)C(=O)N[C@H]1CCc2ccn3c2C1C(=O)C[C@H](C(=O)O)C3. The number of carboxylic acids is 1. The average molecular weight is 494 g/mol. The van der Waals surface area contributed by atoms with Gasteiger partial charge in [0.1, 0.15) is 11.8 Å². The van der Waals surface area contributed by atoms with Gasteiger partial charge < -0.3 is 20.3 Å². The van der Waals surface area contributed by atoms with E-state index in [1.54, 1.807) is 18.3 Å². The highest BCUT2D eigenvalue weighted by Crippen LogP contribution is 2.38. The number of aromatic nitrogens is 1. The number of hydrogen-bond donors (Lipinski definition) is 3. The number of nitrogens with one attached hydrogen (secondary N) is 2. The van der Waals surface area contributed by atoms with E-state index >= 15 is 0 Å². The number of carbonyl (C=O) groups excluding carboxylic acids is 3. The van der Waals surface area contributed by atoms with Gasteiger partial charge in [-0.05, 0) is 53.8 Å². The molecule has 0 bridgehead atoms. The van der Waals surface area contributed by atoms with E-state index in [1.807, 2.05) is 46.5 Å². The number of carbonyl (C=O) groups is 4. The first-order valence-electron chi connectivity index (χ1n) is 11.8. The van der Waals surface area contributed by atoms with E-state index < -0.39 is 29.9 Å². The Morgan fingerprint density at radius 2 is 2.03 bits per heavy atom. The Bertz CT molecular complexity index is 1330. The number of aliphatic carboxylic acids is 1. The first-order valence-corrected chi connectivity index (χ1v) is 12.7. The zero-order valence-electron chi connectivity index (χ0n) is 19.3. The highest BCUT2D eigenvalue weighted by Gasteiger charge is 2.42. The fourth-order valence-electron chi connectivity index (χ4n) is 5.33. The third kappa shape index (κ3) is 4.48. The topological polar surface area (TPSA) is 118 Å². The number of amides is 2. The predicted molar refractivity (Wildman–Crippen MR) is 131 cm³/mol. The van der Waals surface area contributed by atoms with Crippen LogP contribution in [0, 0.1) is 5.92 Å². The molecule has 4 atom stereocenters. The van der Waals surface area contributed by atoms with Crippen molar-refractivity contribution >= 4 is 45.0 Å². The van der Waals surface area contributed by atoms with Gasteiger partial charge in [-0.15, -0.1) is 11.3 Å². The second-order valence-electron chi connectivity index (χ2n) is 9.44. The van der Waals surface area contributed by atoms with Gasteiger partial charge in [0.15, 0.2) is 0 Å². The summed E-state index contributed by atoms with van der Waals surface area (Å²) in [4.78, 5) is 50.4. The Morgan fingerprint density at radius 3 is 2.83 bits per heavy atom. The summed E-state index contributed by atoms with van der Waals surface area (Å²) in [5, 5.41) is 18.3. The van der Waals surface area contributed by atoms with Gasteiger partial charge in [0, 0.05) is 35.6 Å². The molecule has 0 spiro atoms. The van der Waals surface area contributed by atoms with Crippen molar-refractivity contribution in [2.45, 2.75) is 57.2 Å². The molecule has 0 fully saturated rings. The molecular formula is C26H27N3O5S. The molecule has 3 N–H and O–H groups in total. The van der Waals surface area contributed by atoms with Crippen molar-refractivity contribution in [3.05, 3.63) is 58.7 Å². The molecule has 2 amide bonds.